The topological polar surface area (TPSA) is 41.1 Å². The zero-order chi connectivity index (χ0) is 14.8. The first-order valence-electron chi connectivity index (χ1n) is 7.36. The van der Waals surface area contributed by atoms with Crippen LogP contribution in [0.25, 0.3) is 0 Å². The van der Waals surface area contributed by atoms with Gasteiger partial charge in [-0.2, -0.15) is 11.3 Å². The van der Waals surface area contributed by atoms with Gasteiger partial charge in [-0.15, -0.1) is 0 Å². The van der Waals surface area contributed by atoms with E-state index in [-0.39, 0.29) is 23.0 Å². The molecule has 0 aliphatic carbocycles. The lowest BCUT2D eigenvalue weighted by Crippen LogP contribution is -2.62. The molecule has 0 unspecified atom stereocenters. The van der Waals surface area contributed by atoms with E-state index >= 15 is 0 Å². The van der Waals surface area contributed by atoms with Gasteiger partial charge in [0.25, 0.3) is 0 Å². The highest BCUT2D eigenvalue weighted by Crippen LogP contribution is 2.28. The minimum atomic E-state index is 0.0764. The van der Waals surface area contributed by atoms with Crippen LogP contribution in [0.2, 0.25) is 0 Å². The third kappa shape index (κ3) is 4.60. The second-order valence-electron chi connectivity index (χ2n) is 7.20. The van der Waals surface area contributed by atoms with Gasteiger partial charge in [-0.25, -0.2) is 0 Å². The van der Waals surface area contributed by atoms with E-state index in [0.29, 0.717) is 6.42 Å². The van der Waals surface area contributed by atoms with E-state index in [1.165, 1.54) is 5.56 Å². The number of carbonyl (C=O) groups excluding carboxylic acids is 1. The van der Waals surface area contributed by atoms with Crippen molar-refractivity contribution in [1.29, 1.82) is 0 Å². The van der Waals surface area contributed by atoms with Crippen LogP contribution in [-0.4, -0.2) is 23.0 Å². The van der Waals surface area contributed by atoms with Gasteiger partial charge in [-0.1, -0.05) is 0 Å². The molecule has 4 heteroatoms. The van der Waals surface area contributed by atoms with Gasteiger partial charge < -0.3 is 10.6 Å². The zero-order valence-corrected chi connectivity index (χ0v) is 13.8. The number of nitrogens with one attached hydrogen (secondary N) is 2. The van der Waals surface area contributed by atoms with Gasteiger partial charge in [-0.3, -0.25) is 4.79 Å². The zero-order valence-electron chi connectivity index (χ0n) is 13.0. The lowest BCUT2D eigenvalue weighted by molar-refractivity contribution is -0.122. The maximum Gasteiger partial charge on any atom is 0.220 e. The number of carbonyl (C=O) groups is 1. The maximum absolute atomic E-state index is 12.1. The molecule has 20 heavy (non-hydrogen) atoms. The van der Waals surface area contributed by atoms with Crippen LogP contribution in [-0.2, 0) is 11.2 Å². The van der Waals surface area contributed by atoms with Gasteiger partial charge in [0, 0.05) is 23.5 Å². The highest BCUT2D eigenvalue weighted by atomic mass is 32.1. The average molecular weight is 294 g/mol. The Bertz CT molecular complexity index is 435. The Kier molecular flexibility index (Phi) is 4.55. The van der Waals surface area contributed by atoms with Gasteiger partial charge in [0.2, 0.25) is 5.91 Å². The van der Waals surface area contributed by atoms with Gasteiger partial charge in [0.1, 0.15) is 0 Å². The van der Waals surface area contributed by atoms with Crippen molar-refractivity contribution in [3.05, 3.63) is 22.4 Å². The molecule has 1 aliphatic rings. The fourth-order valence-corrected chi connectivity index (χ4v) is 4.12. The number of thiophene rings is 1. The van der Waals surface area contributed by atoms with Crippen molar-refractivity contribution in [3.8, 4) is 0 Å². The second kappa shape index (κ2) is 5.86. The molecule has 0 radical (unpaired) electrons. The first kappa shape index (κ1) is 15.5. The standard InChI is InChI=1S/C16H26N2OS/c1-15(2)9-13(10-16(3,4)18-15)17-14(19)6-5-12-7-8-20-11-12/h7-8,11,13,18H,5-6,9-10H2,1-4H3,(H,17,19). The van der Waals surface area contributed by atoms with Crippen LogP contribution >= 0.6 is 11.3 Å². The molecule has 2 N–H and O–H groups in total. The molecule has 1 fully saturated rings. The Morgan fingerprint density at radius 3 is 2.55 bits per heavy atom. The number of piperidine rings is 1. The molecule has 0 saturated carbocycles. The molecule has 2 heterocycles. The van der Waals surface area contributed by atoms with E-state index in [1.54, 1.807) is 11.3 Å². The number of hydrogen-bond acceptors (Lipinski definition) is 3. The molecule has 3 nitrogen and oxygen atoms in total. The van der Waals surface area contributed by atoms with Crippen molar-refractivity contribution in [2.24, 2.45) is 0 Å². The predicted molar refractivity (Wildman–Crippen MR) is 85.1 cm³/mol. The van der Waals surface area contributed by atoms with Gasteiger partial charge >= 0.3 is 0 Å². The smallest absolute Gasteiger partial charge is 0.220 e. The van der Waals surface area contributed by atoms with E-state index in [4.69, 9.17) is 0 Å². The Labute approximate surface area is 126 Å². The molecule has 0 bridgehead atoms. The molecule has 2 rings (SSSR count). The minimum absolute atomic E-state index is 0.0764. The molecule has 1 aromatic rings. The summed E-state index contributed by atoms with van der Waals surface area (Å²) in [5.74, 6) is 0.176. The Morgan fingerprint density at radius 2 is 2.00 bits per heavy atom. The van der Waals surface area contributed by atoms with Gasteiger partial charge in [0.05, 0.1) is 0 Å². The normalized spacial score (nSPS) is 21.6. The third-order valence-electron chi connectivity index (χ3n) is 3.78. The van der Waals surface area contributed by atoms with Crippen molar-refractivity contribution in [1.82, 2.24) is 10.6 Å². The van der Waals surface area contributed by atoms with Crippen LogP contribution in [0.5, 0.6) is 0 Å². The summed E-state index contributed by atoms with van der Waals surface area (Å²) in [6, 6.07) is 2.37. The number of hydrogen-bond donors (Lipinski definition) is 2. The highest BCUT2D eigenvalue weighted by Gasteiger charge is 2.37. The number of aryl methyl sites for hydroxylation is 1. The van der Waals surface area contributed by atoms with Crippen molar-refractivity contribution < 1.29 is 4.79 Å². The summed E-state index contributed by atoms with van der Waals surface area (Å²) in [6.07, 6.45) is 3.40. The monoisotopic (exact) mass is 294 g/mol. The van der Waals surface area contributed by atoms with Crippen LogP contribution in [0, 0.1) is 0 Å². The fraction of sp³-hybridized carbons (Fsp3) is 0.688. The van der Waals surface area contributed by atoms with E-state index in [0.717, 1.165) is 19.3 Å². The molecule has 0 spiro atoms. The summed E-state index contributed by atoms with van der Waals surface area (Å²) in [4.78, 5) is 12.1. The van der Waals surface area contributed by atoms with E-state index < -0.39 is 0 Å². The maximum atomic E-state index is 12.1. The van der Waals surface area contributed by atoms with Crippen molar-refractivity contribution in [3.63, 3.8) is 0 Å². The molecule has 1 saturated heterocycles. The fourth-order valence-electron chi connectivity index (χ4n) is 3.42. The summed E-state index contributed by atoms with van der Waals surface area (Å²) in [5.41, 5.74) is 1.41. The molecule has 1 aromatic heterocycles. The Hall–Kier alpha value is -0.870. The van der Waals surface area contributed by atoms with E-state index in [2.05, 4.69) is 55.2 Å². The molecule has 0 atom stereocenters. The van der Waals surface area contributed by atoms with Crippen molar-refractivity contribution in [2.75, 3.05) is 0 Å². The SMILES string of the molecule is CC1(C)CC(NC(=O)CCc2ccsc2)CC(C)(C)N1. The number of rotatable bonds is 4. The summed E-state index contributed by atoms with van der Waals surface area (Å²) in [5, 5.41) is 11.0. The number of amides is 1. The lowest BCUT2D eigenvalue weighted by Gasteiger charge is -2.46. The summed E-state index contributed by atoms with van der Waals surface area (Å²) >= 11 is 1.69. The summed E-state index contributed by atoms with van der Waals surface area (Å²) in [6.45, 7) is 8.83. The molecular formula is C16H26N2OS. The van der Waals surface area contributed by atoms with Gasteiger partial charge in [0.15, 0.2) is 0 Å². The van der Waals surface area contributed by atoms with Crippen molar-refractivity contribution >= 4 is 17.2 Å². The summed E-state index contributed by atoms with van der Waals surface area (Å²) < 4.78 is 0. The molecule has 1 amide bonds. The Morgan fingerprint density at radius 1 is 1.35 bits per heavy atom. The van der Waals surface area contributed by atoms with Crippen LogP contribution in [0.15, 0.2) is 16.8 Å². The summed E-state index contributed by atoms with van der Waals surface area (Å²) in [7, 11) is 0. The minimum Gasteiger partial charge on any atom is -0.353 e. The van der Waals surface area contributed by atoms with E-state index in [1.807, 2.05) is 0 Å². The van der Waals surface area contributed by atoms with Crippen molar-refractivity contribution in [2.45, 2.75) is 70.5 Å². The van der Waals surface area contributed by atoms with E-state index in [9.17, 15) is 4.79 Å². The third-order valence-corrected chi connectivity index (χ3v) is 4.51. The average Bonchev–Trinajstić information content (AvgIpc) is 2.74. The molecular weight excluding hydrogens is 268 g/mol. The second-order valence-corrected chi connectivity index (χ2v) is 7.98. The largest absolute Gasteiger partial charge is 0.353 e. The van der Waals surface area contributed by atoms with Crippen LogP contribution in [0.4, 0.5) is 0 Å². The molecule has 1 aliphatic heterocycles. The van der Waals surface area contributed by atoms with Crippen LogP contribution in [0.3, 0.4) is 0 Å². The van der Waals surface area contributed by atoms with Crippen LogP contribution in [0.1, 0.15) is 52.5 Å². The highest BCUT2D eigenvalue weighted by molar-refractivity contribution is 7.07. The lowest BCUT2D eigenvalue weighted by atomic mass is 9.79. The molecule has 0 aromatic carbocycles. The Balaban J connectivity index is 1.84. The van der Waals surface area contributed by atoms with Crippen LogP contribution < -0.4 is 10.6 Å². The first-order valence-corrected chi connectivity index (χ1v) is 8.30. The first-order chi connectivity index (χ1) is 9.26. The predicted octanol–water partition coefficient (Wildman–Crippen LogP) is 3.11. The van der Waals surface area contributed by atoms with Gasteiger partial charge in [-0.05, 0) is 69.3 Å². The quantitative estimate of drug-likeness (QED) is 0.896. The molecule has 112 valence electrons.